The molecule has 0 amide bonds. The summed E-state index contributed by atoms with van der Waals surface area (Å²) >= 11 is 4.98. The molecule has 0 fully saturated rings. The van der Waals surface area contributed by atoms with Crippen molar-refractivity contribution >= 4 is 33.5 Å². The zero-order valence-electron chi connectivity index (χ0n) is 12.5. The highest BCUT2D eigenvalue weighted by Crippen LogP contribution is 2.26. The second-order valence-electron chi connectivity index (χ2n) is 6.00. The molecular formula is C18H19BrOS. The lowest BCUT2D eigenvalue weighted by Gasteiger charge is -2.19. The van der Waals surface area contributed by atoms with E-state index in [1.807, 2.05) is 24.3 Å². The van der Waals surface area contributed by atoms with Crippen LogP contribution in [-0.2, 0) is 5.41 Å². The van der Waals surface area contributed by atoms with E-state index in [0.29, 0.717) is 5.75 Å². The number of hydrogen-bond donors (Lipinski definition) is 0. The summed E-state index contributed by atoms with van der Waals surface area (Å²) in [5.74, 6) is 0.617. The molecule has 21 heavy (non-hydrogen) atoms. The molecule has 0 saturated carbocycles. The van der Waals surface area contributed by atoms with Crippen LogP contribution in [0.2, 0.25) is 0 Å². The molecule has 0 atom stereocenters. The Balaban J connectivity index is 1.98. The van der Waals surface area contributed by atoms with Crippen molar-refractivity contribution in [2.24, 2.45) is 0 Å². The Kier molecular flexibility index (Phi) is 5.28. The predicted octanol–water partition coefficient (Wildman–Crippen LogP) is 5.72. The number of hydrogen-bond acceptors (Lipinski definition) is 2. The molecule has 0 radical (unpaired) electrons. The van der Waals surface area contributed by atoms with Gasteiger partial charge in [-0.15, -0.1) is 11.8 Å². The van der Waals surface area contributed by atoms with Crippen molar-refractivity contribution in [3.63, 3.8) is 0 Å². The van der Waals surface area contributed by atoms with Crippen LogP contribution in [-0.4, -0.2) is 11.5 Å². The lowest BCUT2D eigenvalue weighted by Crippen LogP contribution is -2.10. The zero-order chi connectivity index (χ0) is 15.5. The van der Waals surface area contributed by atoms with E-state index >= 15 is 0 Å². The third-order valence-electron chi connectivity index (χ3n) is 3.24. The van der Waals surface area contributed by atoms with Gasteiger partial charge in [-0.05, 0) is 35.2 Å². The molecule has 0 aliphatic heterocycles. The minimum atomic E-state index is 0.154. The van der Waals surface area contributed by atoms with Gasteiger partial charge in [0.1, 0.15) is 0 Å². The first-order valence-corrected chi connectivity index (χ1v) is 8.66. The Morgan fingerprint density at radius 2 is 1.76 bits per heavy atom. The van der Waals surface area contributed by atoms with Gasteiger partial charge in [-0.1, -0.05) is 61.0 Å². The molecule has 110 valence electrons. The average Bonchev–Trinajstić information content (AvgIpc) is 2.44. The molecule has 0 aliphatic carbocycles. The topological polar surface area (TPSA) is 17.1 Å². The highest BCUT2D eigenvalue weighted by molar-refractivity contribution is 9.10. The summed E-state index contributed by atoms with van der Waals surface area (Å²) in [4.78, 5) is 13.3. The maximum Gasteiger partial charge on any atom is 0.173 e. The van der Waals surface area contributed by atoms with Crippen molar-refractivity contribution < 1.29 is 4.79 Å². The van der Waals surface area contributed by atoms with E-state index in [1.165, 1.54) is 5.56 Å². The quantitative estimate of drug-likeness (QED) is 0.510. The van der Waals surface area contributed by atoms with Crippen LogP contribution in [0.15, 0.2) is 57.9 Å². The van der Waals surface area contributed by atoms with Crippen molar-refractivity contribution in [2.75, 3.05) is 5.75 Å². The monoisotopic (exact) mass is 362 g/mol. The Bertz CT molecular complexity index is 626. The van der Waals surface area contributed by atoms with Gasteiger partial charge in [-0.25, -0.2) is 0 Å². The number of rotatable bonds is 4. The standard InChI is InChI=1S/C18H19BrOS/c1-18(2,3)14-7-9-16(10-8-14)21-12-17(20)13-5-4-6-15(19)11-13/h4-11H,12H2,1-3H3. The van der Waals surface area contributed by atoms with Crippen molar-refractivity contribution in [2.45, 2.75) is 31.1 Å². The van der Waals surface area contributed by atoms with E-state index in [9.17, 15) is 4.79 Å². The van der Waals surface area contributed by atoms with E-state index in [4.69, 9.17) is 0 Å². The summed E-state index contributed by atoms with van der Waals surface area (Å²) in [6.45, 7) is 6.60. The van der Waals surface area contributed by atoms with E-state index in [1.54, 1.807) is 11.8 Å². The maximum absolute atomic E-state index is 12.2. The molecule has 2 aromatic carbocycles. The number of carbonyl (C=O) groups is 1. The Labute approximate surface area is 139 Å². The molecule has 0 bridgehead atoms. The van der Waals surface area contributed by atoms with Crippen LogP contribution in [0.25, 0.3) is 0 Å². The lowest BCUT2D eigenvalue weighted by molar-refractivity contribution is 0.102. The first kappa shape index (κ1) is 16.3. The van der Waals surface area contributed by atoms with Crippen LogP contribution in [0.4, 0.5) is 0 Å². The fourth-order valence-corrected chi connectivity index (χ4v) is 3.14. The summed E-state index contributed by atoms with van der Waals surface area (Å²) in [6, 6.07) is 16.0. The Hall–Kier alpha value is -1.06. The maximum atomic E-state index is 12.2. The number of halogens is 1. The highest BCUT2D eigenvalue weighted by atomic mass is 79.9. The van der Waals surface area contributed by atoms with Crippen LogP contribution < -0.4 is 0 Å². The van der Waals surface area contributed by atoms with Gasteiger partial charge in [0.15, 0.2) is 5.78 Å². The van der Waals surface area contributed by atoms with Crippen LogP contribution in [0.5, 0.6) is 0 Å². The lowest BCUT2D eigenvalue weighted by atomic mass is 9.87. The van der Waals surface area contributed by atoms with Gasteiger partial charge in [0.25, 0.3) is 0 Å². The van der Waals surface area contributed by atoms with E-state index in [2.05, 4.69) is 61.0 Å². The fourth-order valence-electron chi connectivity index (χ4n) is 1.95. The summed E-state index contributed by atoms with van der Waals surface area (Å²) < 4.78 is 0.938. The SMILES string of the molecule is CC(C)(C)c1ccc(SCC(=O)c2cccc(Br)c2)cc1. The number of carbonyl (C=O) groups excluding carboxylic acids is 1. The molecule has 3 heteroatoms. The van der Waals surface area contributed by atoms with Crippen molar-refractivity contribution in [3.05, 3.63) is 64.1 Å². The zero-order valence-corrected chi connectivity index (χ0v) is 14.9. The van der Waals surface area contributed by atoms with Gasteiger partial charge in [0, 0.05) is 14.9 Å². The number of ketones is 1. The molecule has 1 nitrogen and oxygen atoms in total. The fraction of sp³-hybridized carbons (Fsp3) is 0.278. The summed E-state index contributed by atoms with van der Waals surface area (Å²) in [6.07, 6.45) is 0. The minimum Gasteiger partial charge on any atom is -0.293 e. The van der Waals surface area contributed by atoms with Crippen LogP contribution in [0, 0.1) is 0 Å². The van der Waals surface area contributed by atoms with Crippen molar-refractivity contribution in [1.82, 2.24) is 0 Å². The number of Topliss-reactive ketones (excluding diaryl/α,β-unsaturated/α-hetero) is 1. The second kappa shape index (κ2) is 6.80. The van der Waals surface area contributed by atoms with Crippen LogP contribution >= 0.6 is 27.7 Å². The highest BCUT2D eigenvalue weighted by Gasteiger charge is 2.13. The van der Waals surface area contributed by atoms with Gasteiger partial charge in [0.05, 0.1) is 5.75 Å². The van der Waals surface area contributed by atoms with Gasteiger partial charge in [-0.3, -0.25) is 4.79 Å². The summed E-state index contributed by atoms with van der Waals surface area (Å²) in [7, 11) is 0. The molecule has 2 aromatic rings. The van der Waals surface area contributed by atoms with Crippen molar-refractivity contribution in [3.8, 4) is 0 Å². The summed E-state index contributed by atoms with van der Waals surface area (Å²) in [5.41, 5.74) is 2.23. The van der Waals surface area contributed by atoms with Crippen LogP contribution in [0.3, 0.4) is 0 Å². The van der Waals surface area contributed by atoms with E-state index in [0.717, 1.165) is 14.9 Å². The predicted molar refractivity (Wildman–Crippen MR) is 94.3 cm³/mol. The number of benzene rings is 2. The van der Waals surface area contributed by atoms with Crippen LogP contribution in [0.1, 0.15) is 36.7 Å². The largest absolute Gasteiger partial charge is 0.293 e. The van der Waals surface area contributed by atoms with E-state index < -0.39 is 0 Å². The van der Waals surface area contributed by atoms with Crippen molar-refractivity contribution in [1.29, 1.82) is 0 Å². The molecule has 0 N–H and O–H groups in total. The third kappa shape index (κ3) is 4.72. The Morgan fingerprint density at radius 1 is 1.10 bits per heavy atom. The smallest absolute Gasteiger partial charge is 0.173 e. The second-order valence-corrected chi connectivity index (χ2v) is 7.96. The molecule has 0 aliphatic rings. The Morgan fingerprint density at radius 3 is 2.33 bits per heavy atom. The minimum absolute atomic E-state index is 0.154. The first-order chi connectivity index (χ1) is 9.86. The molecule has 0 heterocycles. The number of thioether (sulfide) groups is 1. The molecule has 0 unspecified atom stereocenters. The first-order valence-electron chi connectivity index (χ1n) is 6.88. The summed E-state index contributed by atoms with van der Waals surface area (Å²) in [5, 5.41) is 0. The molecule has 0 saturated heterocycles. The molecular weight excluding hydrogens is 344 g/mol. The van der Waals surface area contributed by atoms with E-state index in [-0.39, 0.29) is 11.2 Å². The van der Waals surface area contributed by atoms with Gasteiger partial charge < -0.3 is 0 Å². The third-order valence-corrected chi connectivity index (χ3v) is 4.74. The average molecular weight is 363 g/mol. The molecule has 2 rings (SSSR count). The molecule has 0 aromatic heterocycles. The van der Waals surface area contributed by atoms with Gasteiger partial charge in [-0.2, -0.15) is 0 Å². The van der Waals surface area contributed by atoms with Gasteiger partial charge >= 0.3 is 0 Å². The van der Waals surface area contributed by atoms with Gasteiger partial charge in [0.2, 0.25) is 0 Å². The molecule has 0 spiro atoms. The normalized spacial score (nSPS) is 11.4.